The zero-order chi connectivity index (χ0) is 14.7. The molecule has 0 bridgehead atoms. The normalized spacial score (nSPS) is 16.0. The van der Waals surface area contributed by atoms with Gasteiger partial charge in [0.2, 0.25) is 5.91 Å². The summed E-state index contributed by atoms with van der Waals surface area (Å²) in [5.41, 5.74) is 7.75. The van der Waals surface area contributed by atoms with Gasteiger partial charge in [0.1, 0.15) is 5.01 Å². The van der Waals surface area contributed by atoms with Gasteiger partial charge in [0, 0.05) is 42.7 Å². The Hall–Kier alpha value is -1.76. The van der Waals surface area contributed by atoms with Crippen molar-refractivity contribution >= 4 is 17.2 Å². The predicted octanol–water partition coefficient (Wildman–Crippen LogP) is 1.31. The number of nitrogens with two attached hydrogens (primary N) is 1. The first kappa shape index (κ1) is 14.2. The molecule has 0 unspecified atom stereocenters. The third-order valence-corrected chi connectivity index (χ3v) is 4.42. The second-order valence-electron chi connectivity index (χ2n) is 5.09. The molecule has 3 rings (SSSR count). The Kier molecular flexibility index (Phi) is 4.28. The molecule has 5 nitrogen and oxygen atoms in total. The first-order valence-corrected chi connectivity index (χ1v) is 7.88. The van der Waals surface area contributed by atoms with Crippen molar-refractivity contribution in [1.29, 1.82) is 0 Å². The van der Waals surface area contributed by atoms with Gasteiger partial charge in [-0.3, -0.25) is 9.69 Å². The minimum atomic E-state index is -0.403. The summed E-state index contributed by atoms with van der Waals surface area (Å²) in [6, 6.07) is 7.27. The highest BCUT2D eigenvalue weighted by Gasteiger charge is 2.12. The molecular formula is C15H18N4OS. The largest absolute Gasteiger partial charge is 0.366 e. The molecule has 110 valence electrons. The summed E-state index contributed by atoms with van der Waals surface area (Å²) in [6.07, 6.45) is 0. The molecule has 21 heavy (non-hydrogen) atoms. The fraction of sp³-hybridized carbons (Fsp3) is 0.333. The molecule has 0 saturated carbocycles. The summed E-state index contributed by atoms with van der Waals surface area (Å²) in [5.74, 6) is -0.403. The lowest BCUT2D eigenvalue weighted by atomic mass is 10.1. The van der Waals surface area contributed by atoms with E-state index in [1.165, 1.54) is 0 Å². The quantitative estimate of drug-likeness (QED) is 0.893. The minimum absolute atomic E-state index is 0.403. The fourth-order valence-corrected chi connectivity index (χ4v) is 3.23. The van der Waals surface area contributed by atoms with Crippen LogP contribution in [0.1, 0.15) is 15.4 Å². The van der Waals surface area contributed by atoms with Gasteiger partial charge in [0.05, 0.1) is 12.2 Å². The Morgan fingerprint density at radius 2 is 2.00 bits per heavy atom. The van der Waals surface area contributed by atoms with Crippen LogP contribution in [-0.2, 0) is 6.54 Å². The number of hydrogen-bond acceptors (Lipinski definition) is 5. The average Bonchev–Trinajstić information content (AvgIpc) is 2.97. The maximum absolute atomic E-state index is 11.1. The minimum Gasteiger partial charge on any atom is -0.366 e. The highest BCUT2D eigenvalue weighted by Crippen LogP contribution is 2.23. The van der Waals surface area contributed by atoms with Crippen LogP contribution in [0.3, 0.4) is 0 Å². The first-order chi connectivity index (χ1) is 10.2. The molecule has 1 aromatic carbocycles. The Bertz CT molecular complexity index is 617. The van der Waals surface area contributed by atoms with E-state index in [0.29, 0.717) is 5.56 Å². The Balaban J connectivity index is 1.70. The van der Waals surface area contributed by atoms with Crippen LogP contribution in [0.5, 0.6) is 0 Å². The SMILES string of the molecule is NC(=O)c1ccc(-c2csc(CN3CCNCC3)n2)cc1. The zero-order valence-corrected chi connectivity index (χ0v) is 12.5. The van der Waals surface area contributed by atoms with Crippen molar-refractivity contribution in [2.24, 2.45) is 5.73 Å². The maximum atomic E-state index is 11.1. The lowest BCUT2D eigenvalue weighted by Crippen LogP contribution is -2.42. The van der Waals surface area contributed by atoms with E-state index >= 15 is 0 Å². The maximum Gasteiger partial charge on any atom is 0.248 e. The molecule has 2 heterocycles. The van der Waals surface area contributed by atoms with Crippen LogP contribution in [0.2, 0.25) is 0 Å². The van der Waals surface area contributed by atoms with Crippen LogP contribution in [-0.4, -0.2) is 42.0 Å². The molecule has 1 aliphatic rings. The number of nitrogens with one attached hydrogen (secondary N) is 1. The Morgan fingerprint density at radius 1 is 1.29 bits per heavy atom. The van der Waals surface area contributed by atoms with Crippen molar-refractivity contribution in [3.05, 3.63) is 40.2 Å². The second-order valence-corrected chi connectivity index (χ2v) is 6.04. The Labute approximate surface area is 127 Å². The number of nitrogens with zero attached hydrogens (tertiary/aromatic N) is 2. The van der Waals surface area contributed by atoms with E-state index in [1.807, 2.05) is 12.1 Å². The van der Waals surface area contributed by atoms with E-state index in [1.54, 1.807) is 23.5 Å². The van der Waals surface area contributed by atoms with Crippen LogP contribution in [0.15, 0.2) is 29.6 Å². The number of carbonyl (C=O) groups excluding carboxylic acids is 1. The van der Waals surface area contributed by atoms with Gasteiger partial charge in [0.25, 0.3) is 0 Å². The molecule has 0 radical (unpaired) electrons. The molecule has 0 atom stereocenters. The van der Waals surface area contributed by atoms with Crippen LogP contribution in [0.4, 0.5) is 0 Å². The second kappa shape index (κ2) is 6.34. The van der Waals surface area contributed by atoms with Crippen LogP contribution in [0, 0.1) is 0 Å². The van der Waals surface area contributed by atoms with Crippen molar-refractivity contribution in [2.45, 2.75) is 6.54 Å². The van der Waals surface area contributed by atoms with Gasteiger partial charge >= 0.3 is 0 Å². The number of piperazine rings is 1. The molecule has 1 aromatic heterocycles. The monoisotopic (exact) mass is 302 g/mol. The van der Waals surface area contributed by atoms with Gasteiger partial charge in [0.15, 0.2) is 0 Å². The summed E-state index contributed by atoms with van der Waals surface area (Å²) >= 11 is 1.68. The lowest BCUT2D eigenvalue weighted by Gasteiger charge is -2.26. The van der Waals surface area contributed by atoms with Crippen LogP contribution in [0.25, 0.3) is 11.3 Å². The summed E-state index contributed by atoms with van der Waals surface area (Å²) in [6.45, 7) is 5.15. The number of thiazole rings is 1. The van der Waals surface area contributed by atoms with Crippen molar-refractivity contribution in [3.63, 3.8) is 0 Å². The molecule has 3 N–H and O–H groups in total. The molecular weight excluding hydrogens is 284 g/mol. The van der Waals surface area contributed by atoms with Gasteiger partial charge < -0.3 is 11.1 Å². The third-order valence-electron chi connectivity index (χ3n) is 3.59. The van der Waals surface area contributed by atoms with E-state index in [9.17, 15) is 4.79 Å². The number of primary amides is 1. The predicted molar refractivity (Wildman–Crippen MR) is 84.2 cm³/mol. The number of aromatic nitrogens is 1. The van der Waals surface area contributed by atoms with Crippen molar-refractivity contribution in [2.75, 3.05) is 26.2 Å². The highest BCUT2D eigenvalue weighted by atomic mass is 32.1. The van der Waals surface area contributed by atoms with Gasteiger partial charge in [-0.25, -0.2) is 4.98 Å². The van der Waals surface area contributed by atoms with E-state index in [4.69, 9.17) is 5.73 Å². The van der Waals surface area contributed by atoms with Crippen LogP contribution >= 0.6 is 11.3 Å². The summed E-state index contributed by atoms with van der Waals surface area (Å²) < 4.78 is 0. The van der Waals surface area contributed by atoms with Crippen molar-refractivity contribution in [1.82, 2.24) is 15.2 Å². The lowest BCUT2D eigenvalue weighted by molar-refractivity contribution is 0.100. The van der Waals surface area contributed by atoms with Gasteiger partial charge in [-0.2, -0.15) is 0 Å². The van der Waals surface area contributed by atoms with E-state index in [2.05, 4.69) is 20.6 Å². The highest BCUT2D eigenvalue weighted by molar-refractivity contribution is 7.09. The smallest absolute Gasteiger partial charge is 0.248 e. The summed E-state index contributed by atoms with van der Waals surface area (Å²) in [7, 11) is 0. The molecule has 1 saturated heterocycles. The van der Waals surface area contributed by atoms with Crippen molar-refractivity contribution < 1.29 is 4.79 Å². The number of carbonyl (C=O) groups is 1. The topological polar surface area (TPSA) is 71.2 Å². The Morgan fingerprint density at radius 3 is 2.67 bits per heavy atom. The standard InChI is InChI=1S/C15H18N4OS/c16-15(20)12-3-1-11(2-4-12)13-10-21-14(18-13)9-19-7-5-17-6-8-19/h1-4,10,17H,5-9H2,(H2,16,20). The average molecular weight is 302 g/mol. The fourth-order valence-electron chi connectivity index (χ4n) is 2.38. The van der Waals surface area contributed by atoms with Gasteiger partial charge in [-0.15, -0.1) is 11.3 Å². The van der Waals surface area contributed by atoms with E-state index in [-0.39, 0.29) is 0 Å². The molecule has 1 aliphatic heterocycles. The molecule has 1 amide bonds. The first-order valence-electron chi connectivity index (χ1n) is 7.00. The van der Waals surface area contributed by atoms with Gasteiger partial charge in [-0.1, -0.05) is 12.1 Å². The van der Waals surface area contributed by atoms with Crippen LogP contribution < -0.4 is 11.1 Å². The molecule has 0 aliphatic carbocycles. The molecule has 1 fully saturated rings. The zero-order valence-electron chi connectivity index (χ0n) is 11.7. The number of rotatable bonds is 4. The summed E-state index contributed by atoms with van der Waals surface area (Å²) in [5, 5.41) is 6.55. The van der Waals surface area contributed by atoms with Gasteiger partial charge in [-0.05, 0) is 12.1 Å². The van der Waals surface area contributed by atoms with E-state index < -0.39 is 5.91 Å². The third kappa shape index (κ3) is 3.47. The summed E-state index contributed by atoms with van der Waals surface area (Å²) in [4.78, 5) is 18.2. The number of hydrogen-bond donors (Lipinski definition) is 2. The van der Waals surface area contributed by atoms with E-state index in [0.717, 1.165) is 49.0 Å². The number of amides is 1. The molecule has 0 spiro atoms. The molecule has 6 heteroatoms. The molecule has 2 aromatic rings. The van der Waals surface area contributed by atoms with Crippen molar-refractivity contribution in [3.8, 4) is 11.3 Å². The number of benzene rings is 1.